The predicted molar refractivity (Wildman–Crippen MR) is 128 cm³/mol. The predicted octanol–water partition coefficient (Wildman–Crippen LogP) is 5.15. The van der Waals surface area contributed by atoms with Crippen LogP contribution >= 0.6 is 11.6 Å². The molecule has 160 valence electrons. The molecule has 1 atom stereocenters. The fourth-order valence-electron chi connectivity index (χ4n) is 3.94. The van der Waals surface area contributed by atoms with Crippen molar-refractivity contribution in [3.63, 3.8) is 0 Å². The lowest BCUT2D eigenvalue weighted by Gasteiger charge is -2.36. The highest BCUT2D eigenvalue weighted by Gasteiger charge is 2.18. The van der Waals surface area contributed by atoms with E-state index in [9.17, 15) is 4.79 Å². The zero-order valence-corrected chi connectivity index (χ0v) is 18.6. The maximum Gasteiger partial charge on any atom is 0.251 e. The Labute approximate surface area is 189 Å². The summed E-state index contributed by atoms with van der Waals surface area (Å²) in [5.41, 5.74) is 4.25. The molecule has 0 saturated carbocycles. The van der Waals surface area contributed by atoms with Crippen molar-refractivity contribution in [1.82, 2.24) is 10.2 Å². The molecule has 4 rings (SSSR count). The monoisotopic (exact) mass is 433 g/mol. The molecule has 0 bridgehead atoms. The van der Waals surface area contributed by atoms with Gasteiger partial charge in [0, 0.05) is 49.0 Å². The van der Waals surface area contributed by atoms with Gasteiger partial charge in [0.15, 0.2) is 0 Å². The van der Waals surface area contributed by atoms with Crippen LogP contribution in [0, 0.1) is 0 Å². The molecule has 0 radical (unpaired) electrons. The lowest BCUT2D eigenvalue weighted by atomic mass is 10.1. The van der Waals surface area contributed by atoms with Gasteiger partial charge in [-0.2, -0.15) is 0 Å². The lowest BCUT2D eigenvalue weighted by Crippen LogP contribution is -2.45. The average Bonchev–Trinajstić information content (AvgIpc) is 2.81. The van der Waals surface area contributed by atoms with E-state index in [2.05, 4.69) is 39.4 Å². The molecule has 0 spiro atoms. The van der Waals surface area contributed by atoms with E-state index in [1.807, 2.05) is 61.5 Å². The second-order valence-corrected chi connectivity index (χ2v) is 8.48. The number of hydrogen-bond acceptors (Lipinski definition) is 3. The Balaban J connectivity index is 1.28. The zero-order valence-electron chi connectivity index (χ0n) is 17.8. The van der Waals surface area contributed by atoms with Crippen LogP contribution in [-0.2, 0) is 6.54 Å². The molecule has 1 saturated heterocycles. The number of nitrogens with zero attached hydrogens (tertiary/aromatic N) is 2. The quantitative estimate of drug-likeness (QED) is 0.583. The Morgan fingerprint density at radius 1 is 0.903 bits per heavy atom. The molecule has 1 heterocycles. The molecule has 1 amide bonds. The van der Waals surface area contributed by atoms with Crippen LogP contribution < -0.4 is 10.2 Å². The van der Waals surface area contributed by atoms with Gasteiger partial charge in [-0.3, -0.25) is 9.69 Å². The highest BCUT2D eigenvalue weighted by molar-refractivity contribution is 6.30. The number of halogens is 1. The summed E-state index contributed by atoms with van der Waals surface area (Å²) in [6.45, 7) is 6.93. The van der Waals surface area contributed by atoms with Crippen molar-refractivity contribution < 1.29 is 4.79 Å². The molecule has 4 nitrogen and oxygen atoms in total. The second-order valence-electron chi connectivity index (χ2n) is 8.04. The van der Waals surface area contributed by atoms with Crippen molar-refractivity contribution in [2.24, 2.45) is 0 Å². The van der Waals surface area contributed by atoms with E-state index in [1.165, 1.54) is 11.3 Å². The summed E-state index contributed by atoms with van der Waals surface area (Å²) >= 11 is 6.00. The van der Waals surface area contributed by atoms with E-state index in [1.54, 1.807) is 0 Å². The molecule has 1 N–H and O–H groups in total. The maximum atomic E-state index is 12.6. The first-order valence-corrected chi connectivity index (χ1v) is 11.1. The van der Waals surface area contributed by atoms with Gasteiger partial charge < -0.3 is 10.2 Å². The van der Waals surface area contributed by atoms with E-state index in [0.717, 1.165) is 43.3 Å². The number of carbonyl (C=O) groups is 1. The van der Waals surface area contributed by atoms with Gasteiger partial charge in [0.05, 0.1) is 6.04 Å². The molecule has 3 aromatic carbocycles. The number of benzene rings is 3. The van der Waals surface area contributed by atoms with Crippen LogP contribution in [0.25, 0.3) is 0 Å². The smallest absolute Gasteiger partial charge is 0.251 e. The summed E-state index contributed by atoms with van der Waals surface area (Å²) < 4.78 is 0. The second kappa shape index (κ2) is 9.99. The van der Waals surface area contributed by atoms with Gasteiger partial charge in [-0.15, -0.1) is 0 Å². The van der Waals surface area contributed by atoms with Crippen molar-refractivity contribution in [2.75, 3.05) is 31.1 Å². The van der Waals surface area contributed by atoms with Gasteiger partial charge in [-0.25, -0.2) is 0 Å². The lowest BCUT2D eigenvalue weighted by molar-refractivity contribution is 0.0940. The molecule has 0 aromatic heterocycles. The molecular weight excluding hydrogens is 406 g/mol. The highest BCUT2D eigenvalue weighted by atomic mass is 35.5. The molecule has 31 heavy (non-hydrogen) atoms. The Morgan fingerprint density at radius 3 is 2.19 bits per heavy atom. The number of hydrogen-bond donors (Lipinski definition) is 1. The van der Waals surface area contributed by atoms with Crippen LogP contribution in [0.15, 0.2) is 78.9 Å². The largest absolute Gasteiger partial charge is 0.369 e. The average molecular weight is 434 g/mol. The fraction of sp³-hybridized carbons (Fsp3) is 0.269. The summed E-state index contributed by atoms with van der Waals surface area (Å²) in [6, 6.07) is 26.0. The molecule has 1 aliphatic rings. The molecule has 1 unspecified atom stereocenters. The van der Waals surface area contributed by atoms with Crippen molar-refractivity contribution in [3.05, 3.63) is 101 Å². The Hall–Kier alpha value is -2.82. The summed E-state index contributed by atoms with van der Waals surface area (Å²) in [6.07, 6.45) is 0. The van der Waals surface area contributed by atoms with E-state index in [4.69, 9.17) is 11.6 Å². The minimum atomic E-state index is -0.0421. The Bertz CT molecular complexity index is 981. The molecular formula is C26H28ClN3O. The van der Waals surface area contributed by atoms with E-state index in [0.29, 0.717) is 5.56 Å². The Kier molecular flexibility index (Phi) is 6.90. The molecule has 1 aliphatic heterocycles. The normalized spacial score (nSPS) is 15.5. The van der Waals surface area contributed by atoms with Crippen LogP contribution in [0.1, 0.15) is 34.5 Å². The van der Waals surface area contributed by atoms with Crippen LogP contribution in [0.3, 0.4) is 0 Å². The molecule has 0 aliphatic carbocycles. The number of anilines is 1. The summed E-state index contributed by atoms with van der Waals surface area (Å²) in [5.74, 6) is -0.0421. The Morgan fingerprint density at radius 2 is 1.55 bits per heavy atom. The van der Waals surface area contributed by atoms with Crippen LogP contribution in [0.4, 0.5) is 5.69 Å². The summed E-state index contributed by atoms with van der Waals surface area (Å²) in [4.78, 5) is 17.4. The number of carbonyl (C=O) groups excluding carboxylic acids is 1. The van der Waals surface area contributed by atoms with Crippen molar-refractivity contribution >= 4 is 23.2 Å². The van der Waals surface area contributed by atoms with Crippen molar-refractivity contribution in [3.8, 4) is 0 Å². The first-order valence-electron chi connectivity index (χ1n) is 10.8. The number of amides is 1. The van der Waals surface area contributed by atoms with Crippen molar-refractivity contribution in [1.29, 1.82) is 0 Å². The molecule has 5 heteroatoms. The van der Waals surface area contributed by atoms with Gasteiger partial charge in [-0.05, 0) is 54.4 Å². The van der Waals surface area contributed by atoms with E-state index < -0.39 is 0 Å². The molecule has 3 aromatic rings. The maximum absolute atomic E-state index is 12.6. The van der Waals surface area contributed by atoms with Crippen LogP contribution in [0.5, 0.6) is 0 Å². The number of nitrogens with one attached hydrogen (secondary N) is 1. The van der Waals surface area contributed by atoms with Gasteiger partial charge >= 0.3 is 0 Å². The molecule has 1 fully saturated rings. The SMILES string of the molecule is CC(NC(=O)c1ccc(CN2CCN(c3ccc(Cl)cc3)CC2)cc1)c1ccccc1. The van der Waals surface area contributed by atoms with Gasteiger partial charge in [0.1, 0.15) is 0 Å². The first-order chi connectivity index (χ1) is 15.1. The standard InChI is InChI=1S/C26H28ClN3O/c1-20(22-5-3-2-4-6-22)28-26(31)23-9-7-21(8-10-23)19-29-15-17-30(18-16-29)25-13-11-24(27)12-14-25/h2-14,20H,15-19H2,1H3,(H,28,31). The number of rotatable bonds is 6. The summed E-state index contributed by atoms with van der Waals surface area (Å²) in [7, 11) is 0. The highest BCUT2D eigenvalue weighted by Crippen LogP contribution is 2.20. The van der Waals surface area contributed by atoms with Crippen LogP contribution in [-0.4, -0.2) is 37.0 Å². The third-order valence-electron chi connectivity index (χ3n) is 5.83. The summed E-state index contributed by atoms with van der Waals surface area (Å²) in [5, 5.41) is 3.85. The van der Waals surface area contributed by atoms with E-state index in [-0.39, 0.29) is 11.9 Å². The van der Waals surface area contributed by atoms with Crippen LogP contribution in [0.2, 0.25) is 5.02 Å². The minimum Gasteiger partial charge on any atom is -0.369 e. The van der Waals surface area contributed by atoms with Gasteiger partial charge in [-0.1, -0.05) is 54.1 Å². The number of piperazine rings is 1. The van der Waals surface area contributed by atoms with Crippen molar-refractivity contribution in [2.45, 2.75) is 19.5 Å². The van der Waals surface area contributed by atoms with Gasteiger partial charge in [0.2, 0.25) is 0 Å². The minimum absolute atomic E-state index is 0.0229. The van der Waals surface area contributed by atoms with Gasteiger partial charge in [0.25, 0.3) is 5.91 Å². The van der Waals surface area contributed by atoms with E-state index >= 15 is 0 Å². The topological polar surface area (TPSA) is 35.6 Å². The third-order valence-corrected chi connectivity index (χ3v) is 6.09. The zero-order chi connectivity index (χ0) is 21.6. The fourth-order valence-corrected chi connectivity index (χ4v) is 4.07. The third kappa shape index (κ3) is 5.66. The first kappa shape index (κ1) is 21.4.